The summed E-state index contributed by atoms with van der Waals surface area (Å²) in [4.78, 5) is 49.5. The molecule has 0 saturated heterocycles. The number of hydrogen-bond acceptors (Lipinski definition) is 8. The highest BCUT2D eigenvalue weighted by atomic mass is 16.4. The first-order valence-corrected chi connectivity index (χ1v) is 10.8. The van der Waals surface area contributed by atoms with E-state index >= 15 is 0 Å². The quantitative estimate of drug-likeness (QED) is 0.159. The molecule has 0 aromatic heterocycles. The average molecular weight is 483 g/mol. The van der Waals surface area contributed by atoms with Crippen LogP contribution in [0.1, 0.15) is 32.8 Å². The number of benzene rings is 1. The summed E-state index contributed by atoms with van der Waals surface area (Å²) in [6.45, 7) is 4.22. The number of aliphatic hydroxyl groups is 2. The number of phenolic OH excluding ortho intramolecular Hbond substituents is 1. The Morgan fingerprint density at radius 3 is 1.91 bits per heavy atom. The van der Waals surface area contributed by atoms with Crippen LogP contribution in [0.25, 0.3) is 0 Å². The van der Waals surface area contributed by atoms with Gasteiger partial charge in [-0.15, -0.1) is 0 Å². The molecule has 190 valence electrons. The minimum absolute atomic E-state index is 0.00577. The van der Waals surface area contributed by atoms with Crippen molar-refractivity contribution in [2.24, 2.45) is 11.7 Å². The van der Waals surface area contributed by atoms with Crippen LogP contribution in [0.3, 0.4) is 0 Å². The number of nitrogens with two attached hydrogens (primary N) is 1. The monoisotopic (exact) mass is 482 g/mol. The maximum atomic E-state index is 13.0. The van der Waals surface area contributed by atoms with E-state index in [0.29, 0.717) is 5.56 Å². The van der Waals surface area contributed by atoms with Gasteiger partial charge in [0.2, 0.25) is 17.7 Å². The summed E-state index contributed by atoms with van der Waals surface area (Å²) >= 11 is 0. The summed E-state index contributed by atoms with van der Waals surface area (Å²) in [5.74, 6) is -3.82. The molecule has 0 aliphatic rings. The van der Waals surface area contributed by atoms with Gasteiger partial charge in [-0.1, -0.05) is 26.0 Å². The molecule has 0 aliphatic heterocycles. The van der Waals surface area contributed by atoms with Crippen LogP contribution >= 0.6 is 0 Å². The van der Waals surface area contributed by atoms with Crippen LogP contribution in [0.4, 0.5) is 0 Å². The first-order valence-electron chi connectivity index (χ1n) is 10.8. The van der Waals surface area contributed by atoms with Gasteiger partial charge in [0.15, 0.2) is 6.04 Å². The van der Waals surface area contributed by atoms with E-state index in [-0.39, 0.29) is 24.5 Å². The molecule has 1 aromatic rings. The van der Waals surface area contributed by atoms with Gasteiger partial charge >= 0.3 is 5.97 Å². The van der Waals surface area contributed by atoms with Gasteiger partial charge in [0.25, 0.3) is 0 Å². The average Bonchev–Trinajstić information content (AvgIpc) is 2.76. The van der Waals surface area contributed by atoms with Gasteiger partial charge in [-0.25, -0.2) is 4.79 Å². The van der Waals surface area contributed by atoms with Gasteiger partial charge in [0.05, 0.1) is 12.7 Å². The summed E-state index contributed by atoms with van der Waals surface area (Å²) in [6, 6.07) is 0.641. The van der Waals surface area contributed by atoms with E-state index in [2.05, 4.69) is 16.0 Å². The minimum atomic E-state index is -1.61. The lowest BCUT2D eigenvalue weighted by Crippen LogP contribution is -2.59. The molecule has 0 bridgehead atoms. The van der Waals surface area contributed by atoms with Crippen LogP contribution in [0.2, 0.25) is 0 Å². The molecule has 1 aromatic carbocycles. The van der Waals surface area contributed by atoms with E-state index in [1.54, 1.807) is 0 Å². The zero-order valence-corrected chi connectivity index (χ0v) is 19.4. The van der Waals surface area contributed by atoms with Crippen molar-refractivity contribution in [3.63, 3.8) is 0 Å². The van der Waals surface area contributed by atoms with Crippen LogP contribution in [0, 0.1) is 5.92 Å². The van der Waals surface area contributed by atoms with Crippen molar-refractivity contribution in [1.29, 1.82) is 0 Å². The number of carboxylic acid groups (broad SMARTS) is 1. The fraction of sp³-hybridized carbons (Fsp3) is 0.545. The largest absolute Gasteiger partial charge is 0.508 e. The Kier molecular flexibility index (Phi) is 11.4. The van der Waals surface area contributed by atoms with Crippen molar-refractivity contribution in [3.8, 4) is 5.75 Å². The highest BCUT2D eigenvalue weighted by Crippen LogP contribution is 2.13. The minimum Gasteiger partial charge on any atom is -0.508 e. The van der Waals surface area contributed by atoms with E-state index in [1.165, 1.54) is 31.2 Å². The molecule has 0 radical (unpaired) electrons. The molecular formula is C22H34N4O8. The molecular weight excluding hydrogens is 448 g/mol. The van der Waals surface area contributed by atoms with Crippen LogP contribution in [0.5, 0.6) is 5.75 Å². The van der Waals surface area contributed by atoms with Gasteiger partial charge < -0.3 is 42.1 Å². The molecule has 3 amide bonds. The van der Waals surface area contributed by atoms with Crippen molar-refractivity contribution < 1.29 is 39.6 Å². The molecule has 12 nitrogen and oxygen atoms in total. The number of carbonyl (C=O) groups is 4. The Balaban J connectivity index is 3.15. The molecule has 0 saturated carbocycles. The lowest BCUT2D eigenvalue weighted by Gasteiger charge is -2.26. The van der Waals surface area contributed by atoms with Crippen molar-refractivity contribution in [3.05, 3.63) is 29.8 Å². The Labute approximate surface area is 197 Å². The van der Waals surface area contributed by atoms with E-state index < -0.39 is 60.6 Å². The highest BCUT2D eigenvalue weighted by Gasteiger charge is 2.32. The third kappa shape index (κ3) is 9.33. The second-order valence-electron chi connectivity index (χ2n) is 8.48. The summed E-state index contributed by atoms with van der Waals surface area (Å²) in [6.07, 6.45) is -1.27. The van der Waals surface area contributed by atoms with Crippen LogP contribution in [-0.2, 0) is 25.6 Å². The predicted octanol–water partition coefficient (Wildman–Crippen LogP) is -1.78. The lowest BCUT2D eigenvalue weighted by molar-refractivity contribution is -0.145. The van der Waals surface area contributed by atoms with E-state index in [9.17, 15) is 34.5 Å². The molecule has 34 heavy (non-hydrogen) atoms. The molecule has 1 rings (SSSR count). The van der Waals surface area contributed by atoms with Crippen molar-refractivity contribution in [2.45, 2.75) is 63.9 Å². The third-order valence-corrected chi connectivity index (χ3v) is 4.93. The number of aliphatic carboxylic acids is 1. The number of phenols is 1. The Morgan fingerprint density at radius 1 is 0.912 bits per heavy atom. The van der Waals surface area contributed by atoms with Crippen molar-refractivity contribution in [1.82, 2.24) is 16.0 Å². The number of carboxylic acids is 1. The Bertz CT molecular complexity index is 844. The van der Waals surface area contributed by atoms with Crippen LogP contribution < -0.4 is 21.7 Å². The van der Waals surface area contributed by atoms with Gasteiger partial charge in [0, 0.05) is 6.42 Å². The highest BCUT2D eigenvalue weighted by molar-refractivity contribution is 5.94. The molecule has 0 heterocycles. The summed E-state index contributed by atoms with van der Waals surface area (Å²) in [5, 5.41) is 44.7. The topological polar surface area (TPSA) is 211 Å². The van der Waals surface area contributed by atoms with Gasteiger partial charge in [-0.2, -0.15) is 0 Å². The first kappa shape index (κ1) is 28.8. The maximum absolute atomic E-state index is 13.0. The first-order chi connectivity index (χ1) is 15.8. The summed E-state index contributed by atoms with van der Waals surface area (Å²) in [7, 11) is 0. The van der Waals surface area contributed by atoms with Crippen LogP contribution in [-0.4, -0.2) is 81.0 Å². The van der Waals surface area contributed by atoms with E-state index in [4.69, 9.17) is 10.8 Å². The van der Waals surface area contributed by atoms with Gasteiger partial charge in [-0.3, -0.25) is 14.4 Å². The number of aromatic hydroxyl groups is 1. The number of rotatable bonds is 13. The van der Waals surface area contributed by atoms with E-state index in [0.717, 1.165) is 0 Å². The smallest absolute Gasteiger partial charge is 0.328 e. The van der Waals surface area contributed by atoms with E-state index in [1.807, 2.05) is 13.8 Å². The second-order valence-corrected chi connectivity index (χ2v) is 8.48. The molecule has 5 unspecified atom stereocenters. The Hall–Kier alpha value is -3.22. The standard InChI is InChI=1S/C22H34N4O8/c1-11(2)8-16(24-19(30)15(23)10-27)20(31)25-17(9-13-4-6-14(29)7-5-13)21(32)26-18(12(3)28)22(33)34/h4-7,11-12,15-18,27-29H,8-10,23H2,1-3H3,(H,24,30)(H,25,31)(H,26,32)(H,33,34). The number of amides is 3. The number of aliphatic hydroxyl groups excluding tert-OH is 2. The normalized spacial score (nSPS) is 15.5. The van der Waals surface area contributed by atoms with Crippen LogP contribution in [0.15, 0.2) is 24.3 Å². The fourth-order valence-electron chi connectivity index (χ4n) is 3.06. The third-order valence-electron chi connectivity index (χ3n) is 4.93. The predicted molar refractivity (Wildman–Crippen MR) is 121 cm³/mol. The maximum Gasteiger partial charge on any atom is 0.328 e. The zero-order valence-electron chi connectivity index (χ0n) is 19.4. The molecule has 0 spiro atoms. The summed E-state index contributed by atoms with van der Waals surface area (Å²) in [5.41, 5.74) is 6.06. The molecule has 0 fully saturated rings. The number of hydrogen-bond donors (Lipinski definition) is 8. The van der Waals surface area contributed by atoms with Gasteiger partial charge in [0.1, 0.15) is 23.9 Å². The fourth-order valence-corrected chi connectivity index (χ4v) is 3.06. The van der Waals surface area contributed by atoms with Crippen molar-refractivity contribution >= 4 is 23.7 Å². The molecule has 0 aliphatic carbocycles. The molecule has 5 atom stereocenters. The Morgan fingerprint density at radius 2 is 1.44 bits per heavy atom. The van der Waals surface area contributed by atoms with Crippen molar-refractivity contribution in [2.75, 3.05) is 6.61 Å². The SMILES string of the molecule is CC(C)CC(NC(=O)C(N)CO)C(=O)NC(Cc1ccc(O)cc1)C(=O)NC(C(=O)O)C(C)O. The molecule has 12 heteroatoms. The lowest BCUT2D eigenvalue weighted by atomic mass is 10.0. The molecule has 9 N–H and O–H groups in total. The summed E-state index contributed by atoms with van der Waals surface area (Å²) < 4.78 is 0. The van der Waals surface area contributed by atoms with Gasteiger partial charge in [-0.05, 0) is 37.0 Å². The number of carbonyl (C=O) groups excluding carboxylic acids is 3. The number of nitrogens with one attached hydrogen (secondary N) is 3. The second kappa shape index (κ2) is 13.5. The zero-order chi connectivity index (χ0) is 26.0.